The van der Waals surface area contributed by atoms with Gasteiger partial charge in [-0.1, -0.05) is 20.4 Å². The van der Waals surface area contributed by atoms with Crippen LogP contribution in [0.4, 0.5) is 0 Å². The van der Waals surface area contributed by atoms with Crippen molar-refractivity contribution in [3.8, 4) is 0 Å². The van der Waals surface area contributed by atoms with Crippen LogP contribution in [-0.4, -0.2) is 47.8 Å². The summed E-state index contributed by atoms with van der Waals surface area (Å²) in [4.78, 5) is 39.0. The van der Waals surface area contributed by atoms with Crippen molar-refractivity contribution in [3.63, 3.8) is 0 Å². The van der Waals surface area contributed by atoms with Gasteiger partial charge in [0.15, 0.2) is 8.96 Å². The van der Waals surface area contributed by atoms with Crippen LogP contribution in [0.5, 0.6) is 0 Å². The molecule has 0 rings (SSSR count). The third-order valence-electron chi connectivity index (χ3n) is 3.06. The maximum Gasteiger partial charge on any atom is 0.351 e. The summed E-state index contributed by atoms with van der Waals surface area (Å²) in [6.07, 6.45) is -0.412. The lowest BCUT2D eigenvalue weighted by molar-refractivity contribution is -0.180. The number of carboxylic acid groups (broad SMARTS) is 2. The minimum atomic E-state index is -1.81. The third kappa shape index (κ3) is 6.54. The van der Waals surface area contributed by atoms with E-state index in [1.54, 1.807) is 0 Å². The summed E-state index contributed by atoms with van der Waals surface area (Å²) in [5, 5.41) is 18.0. The smallest absolute Gasteiger partial charge is 0.351 e. The van der Waals surface area contributed by atoms with Gasteiger partial charge in [-0.05, 0) is 25.4 Å². The summed E-state index contributed by atoms with van der Waals surface area (Å²) in [5.41, 5.74) is 0.169. The first kappa shape index (κ1) is 19.3. The molecule has 0 aliphatic rings. The van der Waals surface area contributed by atoms with Crippen LogP contribution in [0.1, 0.15) is 33.6 Å². The van der Waals surface area contributed by atoms with E-state index in [0.717, 1.165) is 0 Å². The molecule has 0 saturated carbocycles. The van der Waals surface area contributed by atoms with Crippen LogP contribution in [0.2, 0.25) is 12.1 Å². The topological polar surface area (TPSA) is 104 Å². The Kier molecular flexibility index (Phi) is 8.56. The highest BCUT2D eigenvalue weighted by molar-refractivity contribution is 6.55. The van der Waals surface area contributed by atoms with Crippen molar-refractivity contribution < 1.29 is 29.4 Å². The van der Waals surface area contributed by atoms with E-state index in [4.69, 9.17) is 9.94 Å². The Morgan fingerprint density at radius 1 is 1.24 bits per heavy atom. The standard InChI is InChI=1S/C13H23NO6Si/c1-5-21(6-2)14(20-13(19)9(3)4)10(12(17)18)7-8-11(15)16/h10,21H,3,5-8H2,1-2,4H3,(H,15,16)(H,17,18)/t10-/m0/s1. The van der Waals surface area contributed by atoms with Gasteiger partial charge >= 0.3 is 17.9 Å². The predicted molar refractivity (Wildman–Crippen MR) is 79.1 cm³/mol. The lowest BCUT2D eigenvalue weighted by atomic mass is 10.2. The number of carboxylic acids is 2. The molecule has 0 unspecified atom stereocenters. The van der Waals surface area contributed by atoms with Gasteiger partial charge in [0, 0.05) is 12.0 Å². The zero-order valence-electron chi connectivity index (χ0n) is 12.7. The van der Waals surface area contributed by atoms with Gasteiger partial charge in [-0.15, -0.1) is 0 Å². The van der Waals surface area contributed by atoms with Crippen molar-refractivity contribution in [1.82, 2.24) is 4.73 Å². The molecule has 7 nitrogen and oxygen atoms in total. The Morgan fingerprint density at radius 3 is 2.10 bits per heavy atom. The zero-order chi connectivity index (χ0) is 16.6. The molecule has 0 radical (unpaired) electrons. The molecular formula is C13H23NO6Si. The number of hydrogen-bond acceptors (Lipinski definition) is 5. The number of carbonyl (C=O) groups excluding carboxylic acids is 1. The first-order chi connectivity index (χ1) is 9.74. The zero-order valence-corrected chi connectivity index (χ0v) is 13.8. The van der Waals surface area contributed by atoms with Crippen molar-refractivity contribution in [2.75, 3.05) is 0 Å². The fourth-order valence-electron chi connectivity index (χ4n) is 1.83. The lowest BCUT2D eigenvalue weighted by Crippen LogP contribution is -2.50. The molecule has 0 aliphatic heterocycles. The van der Waals surface area contributed by atoms with E-state index in [9.17, 15) is 19.5 Å². The summed E-state index contributed by atoms with van der Waals surface area (Å²) in [5.74, 6) is -2.96. The van der Waals surface area contributed by atoms with Gasteiger partial charge in [0.25, 0.3) is 0 Å². The number of carbonyl (C=O) groups is 3. The summed E-state index contributed by atoms with van der Waals surface area (Å²) < 4.78 is 1.24. The molecule has 0 aromatic carbocycles. The van der Waals surface area contributed by atoms with Crippen LogP contribution in [0.25, 0.3) is 0 Å². The highest BCUT2D eigenvalue weighted by Crippen LogP contribution is 2.17. The monoisotopic (exact) mass is 317 g/mol. The Balaban J connectivity index is 5.27. The van der Waals surface area contributed by atoms with Crippen molar-refractivity contribution >= 4 is 26.9 Å². The molecule has 2 N–H and O–H groups in total. The van der Waals surface area contributed by atoms with Crippen molar-refractivity contribution in [2.24, 2.45) is 0 Å². The largest absolute Gasteiger partial charge is 0.481 e. The minimum absolute atomic E-state index is 0.113. The molecule has 0 bridgehead atoms. The highest BCUT2D eigenvalue weighted by atomic mass is 28.3. The second-order valence-electron chi connectivity index (χ2n) is 4.78. The molecule has 0 fully saturated rings. The van der Waals surface area contributed by atoms with Crippen LogP contribution in [0.3, 0.4) is 0 Å². The van der Waals surface area contributed by atoms with E-state index >= 15 is 0 Å². The molecule has 1 atom stereocenters. The second-order valence-corrected chi connectivity index (χ2v) is 8.23. The number of hydrogen-bond donors (Lipinski definition) is 2. The number of aliphatic carboxylic acids is 2. The second kappa shape index (κ2) is 9.30. The molecule has 0 heterocycles. The van der Waals surface area contributed by atoms with E-state index in [1.165, 1.54) is 11.7 Å². The van der Waals surface area contributed by atoms with Crippen LogP contribution in [0.15, 0.2) is 12.2 Å². The number of nitrogens with zero attached hydrogens (tertiary/aromatic N) is 1. The van der Waals surface area contributed by atoms with Gasteiger partial charge in [0.05, 0.1) is 0 Å². The fourth-order valence-corrected chi connectivity index (χ4v) is 4.16. The quantitative estimate of drug-likeness (QED) is 0.356. The molecule has 0 aliphatic carbocycles. The highest BCUT2D eigenvalue weighted by Gasteiger charge is 2.34. The van der Waals surface area contributed by atoms with E-state index < -0.39 is 32.9 Å². The molecule has 0 saturated heterocycles. The average molecular weight is 317 g/mol. The first-order valence-corrected chi connectivity index (χ1v) is 9.00. The van der Waals surface area contributed by atoms with Gasteiger partial charge in [-0.2, -0.15) is 4.73 Å². The molecule has 0 amide bonds. The minimum Gasteiger partial charge on any atom is -0.481 e. The Labute approximate surface area is 125 Å². The molecule has 120 valence electrons. The first-order valence-electron chi connectivity index (χ1n) is 6.85. The van der Waals surface area contributed by atoms with Crippen molar-refractivity contribution in [3.05, 3.63) is 12.2 Å². The van der Waals surface area contributed by atoms with E-state index in [1.807, 2.05) is 13.8 Å². The van der Waals surface area contributed by atoms with Gasteiger partial charge < -0.3 is 15.1 Å². The van der Waals surface area contributed by atoms with Gasteiger partial charge in [0.1, 0.15) is 6.04 Å². The lowest BCUT2D eigenvalue weighted by Gasteiger charge is -2.32. The summed E-state index contributed by atoms with van der Waals surface area (Å²) >= 11 is 0. The van der Waals surface area contributed by atoms with Gasteiger partial charge in [0.2, 0.25) is 0 Å². The summed E-state index contributed by atoms with van der Waals surface area (Å²) in [6.45, 7) is 8.75. The maximum atomic E-state index is 11.7. The Bertz CT molecular complexity index is 407. The fraction of sp³-hybridized carbons (Fsp3) is 0.615. The predicted octanol–water partition coefficient (Wildman–Crippen LogP) is 1.40. The summed E-state index contributed by atoms with van der Waals surface area (Å²) in [7, 11) is -1.81. The molecule has 0 aromatic rings. The van der Waals surface area contributed by atoms with E-state index in [2.05, 4.69) is 6.58 Å². The maximum absolute atomic E-state index is 11.7. The average Bonchev–Trinajstić information content (AvgIpc) is 2.38. The van der Waals surface area contributed by atoms with E-state index in [0.29, 0.717) is 12.1 Å². The Morgan fingerprint density at radius 2 is 1.76 bits per heavy atom. The van der Waals surface area contributed by atoms with Gasteiger partial charge in [-0.25, -0.2) is 4.79 Å². The number of hydroxylamine groups is 1. The third-order valence-corrected chi connectivity index (χ3v) is 6.13. The van der Waals surface area contributed by atoms with E-state index in [-0.39, 0.29) is 18.4 Å². The molecule has 8 heteroatoms. The van der Waals surface area contributed by atoms with Crippen LogP contribution in [0, 0.1) is 0 Å². The van der Waals surface area contributed by atoms with Crippen LogP contribution >= 0.6 is 0 Å². The summed E-state index contributed by atoms with van der Waals surface area (Å²) in [6, 6.07) is 0.272. The molecular weight excluding hydrogens is 294 g/mol. The van der Waals surface area contributed by atoms with Crippen molar-refractivity contribution in [2.45, 2.75) is 51.7 Å². The van der Waals surface area contributed by atoms with Gasteiger partial charge in [-0.3, -0.25) is 9.59 Å². The SMILES string of the molecule is C=C(C)C(=O)ON([C@@H](CCC(=O)O)C(=O)O)[SiH](CC)CC. The molecule has 21 heavy (non-hydrogen) atoms. The van der Waals surface area contributed by atoms with Crippen LogP contribution in [-0.2, 0) is 19.2 Å². The Hall–Kier alpha value is -1.67. The number of rotatable bonds is 10. The normalized spacial score (nSPS) is 12.2. The molecule has 0 aromatic heterocycles. The van der Waals surface area contributed by atoms with Crippen molar-refractivity contribution in [1.29, 1.82) is 0 Å². The molecule has 0 spiro atoms. The van der Waals surface area contributed by atoms with Crippen LogP contribution < -0.4 is 0 Å².